The molecule has 2 rings (SSSR count). The molecule has 0 bridgehead atoms. The minimum Gasteiger partial charge on any atom is -0.346 e. The number of carbonyl (C=O) groups excluding carboxylic acids is 2. The highest BCUT2D eigenvalue weighted by Crippen LogP contribution is 2.34. The first-order valence-corrected chi connectivity index (χ1v) is 7.95. The second kappa shape index (κ2) is 9.53. The number of nitrogens with two attached hydrogens (primary N) is 1. The molecule has 1 heterocycles. The van der Waals surface area contributed by atoms with Gasteiger partial charge in [0.1, 0.15) is 0 Å². The standard InChI is InChI=1S/C17H25N3O2.ClH/c1-2-13-12-20(17(22)11-19-16(21)10-18)9-8-15(13)14-6-4-3-5-7-14;/h3-7,13,15H,2,8-12,18H2,1H3,(H,19,21);1H. The highest BCUT2D eigenvalue weighted by atomic mass is 35.5. The van der Waals surface area contributed by atoms with Gasteiger partial charge in [-0.05, 0) is 23.8 Å². The van der Waals surface area contributed by atoms with Crippen molar-refractivity contribution in [3.05, 3.63) is 35.9 Å². The van der Waals surface area contributed by atoms with Gasteiger partial charge in [-0.15, -0.1) is 12.4 Å². The lowest BCUT2D eigenvalue weighted by molar-refractivity contribution is -0.134. The molecule has 2 amide bonds. The fraction of sp³-hybridized carbons (Fsp3) is 0.529. The molecule has 5 nitrogen and oxygen atoms in total. The maximum absolute atomic E-state index is 12.2. The minimum absolute atomic E-state index is 0. The number of likely N-dealkylation sites (tertiary alicyclic amines) is 1. The summed E-state index contributed by atoms with van der Waals surface area (Å²) in [4.78, 5) is 25.2. The molecule has 0 radical (unpaired) electrons. The third-order valence-electron chi connectivity index (χ3n) is 4.46. The second-order valence-electron chi connectivity index (χ2n) is 5.79. The highest BCUT2D eigenvalue weighted by Gasteiger charge is 2.31. The van der Waals surface area contributed by atoms with Gasteiger partial charge in [-0.25, -0.2) is 0 Å². The third-order valence-corrected chi connectivity index (χ3v) is 4.46. The monoisotopic (exact) mass is 339 g/mol. The molecule has 1 aliphatic heterocycles. The minimum atomic E-state index is -0.292. The van der Waals surface area contributed by atoms with Gasteiger partial charge in [0.15, 0.2) is 0 Å². The van der Waals surface area contributed by atoms with E-state index in [1.807, 2.05) is 11.0 Å². The Hall–Kier alpha value is -1.59. The Bertz CT molecular complexity index is 510. The lowest BCUT2D eigenvalue weighted by Gasteiger charge is -2.38. The predicted molar refractivity (Wildman–Crippen MR) is 93.5 cm³/mol. The van der Waals surface area contributed by atoms with Crippen LogP contribution in [0.25, 0.3) is 0 Å². The Labute approximate surface area is 144 Å². The van der Waals surface area contributed by atoms with Gasteiger partial charge in [-0.3, -0.25) is 9.59 Å². The summed E-state index contributed by atoms with van der Waals surface area (Å²) in [5.74, 6) is 0.658. The van der Waals surface area contributed by atoms with Crippen molar-refractivity contribution in [2.45, 2.75) is 25.7 Å². The first kappa shape index (κ1) is 19.5. The summed E-state index contributed by atoms with van der Waals surface area (Å²) in [6.07, 6.45) is 2.01. The Kier molecular flexibility index (Phi) is 8.06. The quantitative estimate of drug-likeness (QED) is 0.854. The van der Waals surface area contributed by atoms with Crippen molar-refractivity contribution in [3.8, 4) is 0 Å². The Morgan fingerprint density at radius 2 is 2.00 bits per heavy atom. The van der Waals surface area contributed by atoms with Gasteiger partial charge in [0, 0.05) is 13.1 Å². The molecule has 2 unspecified atom stereocenters. The van der Waals surface area contributed by atoms with Crippen LogP contribution >= 0.6 is 12.4 Å². The lowest BCUT2D eigenvalue weighted by atomic mass is 9.79. The van der Waals surface area contributed by atoms with Crippen LogP contribution in [0.15, 0.2) is 30.3 Å². The number of rotatable bonds is 5. The van der Waals surface area contributed by atoms with E-state index in [0.717, 1.165) is 25.9 Å². The molecule has 23 heavy (non-hydrogen) atoms. The number of nitrogens with one attached hydrogen (secondary N) is 1. The molecule has 1 saturated heterocycles. The lowest BCUT2D eigenvalue weighted by Crippen LogP contribution is -2.47. The van der Waals surface area contributed by atoms with E-state index in [9.17, 15) is 9.59 Å². The van der Waals surface area contributed by atoms with Crippen LogP contribution in [0.5, 0.6) is 0 Å². The molecular formula is C17H26ClN3O2. The van der Waals surface area contributed by atoms with Gasteiger partial charge >= 0.3 is 0 Å². The van der Waals surface area contributed by atoms with E-state index in [1.165, 1.54) is 5.56 Å². The zero-order valence-corrected chi connectivity index (χ0v) is 14.3. The molecule has 1 aliphatic rings. The van der Waals surface area contributed by atoms with E-state index < -0.39 is 0 Å². The number of hydrogen-bond donors (Lipinski definition) is 2. The number of benzene rings is 1. The SMILES string of the molecule is CCC1CN(C(=O)CNC(=O)CN)CCC1c1ccccc1.Cl. The molecular weight excluding hydrogens is 314 g/mol. The van der Waals surface area contributed by atoms with Gasteiger partial charge in [-0.1, -0.05) is 43.7 Å². The number of carbonyl (C=O) groups is 2. The summed E-state index contributed by atoms with van der Waals surface area (Å²) < 4.78 is 0. The molecule has 0 saturated carbocycles. The van der Waals surface area contributed by atoms with Gasteiger partial charge in [0.2, 0.25) is 11.8 Å². The average molecular weight is 340 g/mol. The maximum atomic E-state index is 12.2. The number of piperidine rings is 1. The average Bonchev–Trinajstić information content (AvgIpc) is 2.59. The predicted octanol–water partition coefficient (Wildman–Crippen LogP) is 1.53. The Morgan fingerprint density at radius 1 is 1.30 bits per heavy atom. The van der Waals surface area contributed by atoms with Crippen molar-refractivity contribution in [3.63, 3.8) is 0 Å². The van der Waals surface area contributed by atoms with Crippen LogP contribution in [0.4, 0.5) is 0 Å². The number of hydrogen-bond acceptors (Lipinski definition) is 3. The van der Waals surface area contributed by atoms with E-state index >= 15 is 0 Å². The number of halogens is 1. The molecule has 1 fully saturated rings. The molecule has 0 aliphatic carbocycles. The summed E-state index contributed by atoms with van der Waals surface area (Å²) in [5, 5.41) is 2.55. The Morgan fingerprint density at radius 3 is 2.61 bits per heavy atom. The van der Waals surface area contributed by atoms with Crippen molar-refractivity contribution in [2.75, 3.05) is 26.2 Å². The molecule has 1 aromatic rings. The summed E-state index contributed by atoms with van der Waals surface area (Å²) >= 11 is 0. The zero-order valence-electron chi connectivity index (χ0n) is 13.5. The van der Waals surface area contributed by atoms with E-state index in [0.29, 0.717) is 11.8 Å². The van der Waals surface area contributed by atoms with Gasteiger partial charge < -0.3 is 16.0 Å². The van der Waals surface area contributed by atoms with Crippen LogP contribution in [0, 0.1) is 5.92 Å². The fourth-order valence-corrected chi connectivity index (χ4v) is 3.17. The first-order valence-electron chi connectivity index (χ1n) is 7.95. The van der Waals surface area contributed by atoms with Crippen LogP contribution < -0.4 is 11.1 Å². The fourth-order valence-electron chi connectivity index (χ4n) is 3.17. The maximum Gasteiger partial charge on any atom is 0.241 e. The zero-order chi connectivity index (χ0) is 15.9. The van der Waals surface area contributed by atoms with Crippen LogP contribution in [0.2, 0.25) is 0 Å². The molecule has 3 N–H and O–H groups in total. The van der Waals surface area contributed by atoms with E-state index in [2.05, 4.69) is 36.5 Å². The summed E-state index contributed by atoms with van der Waals surface area (Å²) in [6, 6.07) is 10.5. The van der Waals surface area contributed by atoms with Crippen molar-refractivity contribution in [1.82, 2.24) is 10.2 Å². The summed E-state index contributed by atoms with van der Waals surface area (Å²) in [5.41, 5.74) is 6.59. The molecule has 2 atom stereocenters. The highest BCUT2D eigenvalue weighted by molar-refractivity contribution is 5.85. The van der Waals surface area contributed by atoms with E-state index in [1.54, 1.807) is 0 Å². The molecule has 0 spiro atoms. The van der Waals surface area contributed by atoms with Crippen LogP contribution in [-0.4, -0.2) is 42.9 Å². The van der Waals surface area contributed by atoms with Gasteiger partial charge in [0.25, 0.3) is 0 Å². The van der Waals surface area contributed by atoms with Crippen molar-refractivity contribution < 1.29 is 9.59 Å². The normalized spacial score (nSPS) is 20.5. The van der Waals surface area contributed by atoms with E-state index in [4.69, 9.17) is 5.73 Å². The second-order valence-corrected chi connectivity index (χ2v) is 5.79. The number of amides is 2. The smallest absolute Gasteiger partial charge is 0.241 e. The van der Waals surface area contributed by atoms with Crippen molar-refractivity contribution in [1.29, 1.82) is 0 Å². The van der Waals surface area contributed by atoms with Crippen LogP contribution in [0.1, 0.15) is 31.2 Å². The third kappa shape index (κ3) is 5.22. The Balaban J connectivity index is 0.00000264. The molecule has 0 aromatic heterocycles. The topological polar surface area (TPSA) is 75.4 Å². The van der Waals surface area contributed by atoms with E-state index in [-0.39, 0.29) is 37.3 Å². The summed E-state index contributed by atoms with van der Waals surface area (Å²) in [7, 11) is 0. The van der Waals surface area contributed by atoms with Crippen molar-refractivity contribution in [2.24, 2.45) is 11.7 Å². The van der Waals surface area contributed by atoms with Gasteiger partial charge in [-0.2, -0.15) is 0 Å². The molecule has 6 heteroatoms. The molecule has 1 aromatic carbocycles. The number of nitrogens with zero attached hydrogens (tertiary/aromatic N) is 1. The van der Waals surface area contributed by atoms with Gasteiger partial charge in [0.05, 0.1) is 13.1 Å². The largest absolute Gasteiger partial charge is 0.346 e. The van der Waals surface area contributed by atoms with Crippen molar-refractivity contribution >= 4 is 24.2 Å². The van der Waals surface area contributed by atoms with Crippen LogP contribution in [-0.2, 0) is 9.59 Å². The first-order chi connectivity index (χ1) is 10.7. The molecule has 128 valence electrons. The van der Waals surface area contributed by atoms with Crippen LogP contribution in [0.3, 0.4) is 0 Å². The summed E-state index contributed by atoms with van der Waals surface area (Å²) in [6.45, 7) is 3.63.